The summed E-state index contributed by atoms with van der Waals surface area (Å²) in [6.45, 7) is 9.45. The number of rotatable bonds is 7. The molecule has 0 saturated carbocycles. The summed E-state index contributed by atoms with van der Waals surface area (Å²) >= 11 is 0. The predicted octanol–water partition coefficient (Wildman–Crippen LogP) is 2.25. The highest BCUT2D eigenvalue weighted by Gasteiger charge is 2.52. The van der Waals surface area contributed by atoms with Crippen LogP contribution in [0.1, 0.15) is 49.6 Å². The van der Waals surface area contributed by atoms with E-state index in [0.29, 0.717) is 41.2 Å². The van der Waals surface area contributed by atoms with E-state index in [1.54, 1.807) is 34.6 Å². The molecule has 2 rings (SSSR count). The Morgan fingerprint density at radius 1 is 1.10 bits per heavy atom. The Morgan fingerprint density at radius 2 is 1.69 bits per heavy atom. The molecule has 0 atom stereocenters. The van der Waals surface area contributed by atoms with Crippen LogP contribution in [0.5, 0.6) is 5.88 Å². The number of carboxylic acids is 2. The molecular formula is C20H28N2O7. The van der Waals surface area contributed by atoms with Crippen LogP contribution in [0, 0.1) is 19.3 Å². The van der Waals surface area contributed by atoms with Gasteiger partial charge in [-0.15, -0.1) is 0 Å². The normalized spacial score (nSPS) is 14.8. The first-order chi connectivity index (χ1) is 13.4. The number of ether oxygens (including phenoxy) is 2. The first-order valence-corrected chi connectivity index (χ1v) is 9.43. The van der Waals surface area contributed by atoms with Crippen LogP contribution in [0.15, 0.2) is 0 Å². The van der Waals surface area contributed by atoms with Gasteiger partial charge in [-0.05, 0) is 52.2 Å². The van der Waals surface area contributed by atoms with Crippen LogP contribution in [-0.4, -0.2) is 52.0 Å². The van der Waals surface area contributed by atoms with Gasteiger partial charge in [-0.2, -0.15) is 0 Å². The zero-order valence-electron chi connectivity index (χ0n) is 17.4. The Labute approximate surface area is 169 Å². The number of aromatic nitrogens is 1. The van der Waals surface area contributed by atoms with E-state index in [-0.39, 0.29) is 19.4 Å². The zero-order valence-corrected chi connectivity index (χ0v) is 17.4. The second kappa shape index (κ2) is 8.26. The van der Waals surface area contributed by atoms with E-state index >= 15 is 0 Å². The van der Waals surface area contributed by atoms with Crippen molar-refractivity contribution in [2.45, 2.75) is 59.5 Å². The average molecular weight is 408 g/mol. The molecule has 1 amide bonds. The number of carbonyl (C=O) groups excluding carboxylic acids is 1. The van der Waals surface area contributed by atoms with Crippen LogP contribution in [0.4, 0.5) is 4.79 Å². The molecule has 0 unspecified atom stereocenters. The fourth-order valence-electron chi connectivity index (χ4n) is 3.30. The van der Waals surface area contributed by atoms with Crippen LogP contribution in [-0.2, 0) is 27.2 Å². The average Bonchev–Trinajstić information content (AvgIpc) is 3.00. The van der Waals surface area contributed by atoms with E-state index < -0.39 is 29.0 Å². The number of alkyl carbamates (subject to hydrolysis) is 1. The van der Waals surface area contributed by atoms with Crippen LogP contribution < -0.4 is 10.1 Å². The molecule has 1 aromatic heterocycles. The van der Waals surface area contributed by atoms with Gasteiger partial charge >= 0.3 is 18.0 Å². The molecule has 0 saturated heterocycles. The Balaban J connectivity index is 2.00. The van der Waals surface area contributed by atoms with E-state index in [0.717, 1.165) is 0 Å². The first-order valence-electron chi connectivity index (χ1n) is 9.43. The monoisotopic (exact) mass is 408 g/mol. The number of aliphatic carboxylic acids is 2. The summed E-state index contributed by atoms with van der Waals surface area (Å²) < 4.78 is 10.9. The molecular weight excluding hydrogens is 380 g/mol. The van der Waals surface area contributed by atoms with Crippen molar-refractivity contribution in [1.82, 2.24) is 10.3 Å². The van der Waals surface area contributed by atoms with Gasteiger partial charge in [0.2, 0.25) is 5.88 Å². The van der Waals surface area contributed by atoms with Crippen molar-refractivity contribution >= 4 is 18.0 Å². The van der Waals surface area contributed by atoms with E-state index in [9.17, 15) is 24.6 Å². The molecule has 0 aliphatic heterocycles. The maximum atomic E-state index is 11.6. The molecule has 9 nitrogen and oxygen atoms in total. The van der Waals surface area contributed by atoms with Gasteiger partial charge in [0.15, 0.2) is 5.41 Å². The van der Waals surface area contributed by atoms with Crippen molar-refractivity contribution < 1.29 is 34.1 Å². The third kappa shape index (κ3) is 4.96. The smallest absolute Gasteiger partial charge is 0.407 e. The summed E-state index contributed by atoms with van der Waals surface area (Å²) in [4.78, 5) is 39.3. The number of fused-ring (bicyclic) bond motifs is 1. The SMILES string of the molecule is Cc1nc(OCCCNC(=O)OC(C)(C)C)c(C)c2c1CC(C(=O)O)(C(=O)O)C2. The number of amides is 1. The van der Waals surface area contributed by atoms with Gasteiger partial charge in [0, 0.05) is 30.6 Å². The first kappa shape index (κ1) is 22.4. The molecule has 29 heavy (non-hydrogen) atoms. The number of nitrogens with one attached hydrogen (secondary N) is 1. The molecule has 1 aliphatic carbocycles. The zero-order chi connectivity index (χ0) is 22.0. The van der Waals surface area contributed by atoms with Gasteiger partial charge in [-0.3, -0.25) is 9.59 Å². The van der Waals surface area contributed by atoms with E-state index in [2.05, 4.69) is 10.3 Å². The van der Waals surface area contributed by atoms with Gasteiger partial charge in [-0.25, -0.2) is 9.78 Å². The highest BCUT2D eigenvalue weighted by Crippen LogP contribution is 2.42. The highest BCUT2D eigenvalue weighted by atomic mass is 16.6. The number of pyridine rings is 1. The predicted molar refractivity (Wildman–Crippen MR) is 103 cm³/mol. The Bertz CT molecular complexity index is 813. The number of hydrogen-bond acceptors (Lipinski definition) is 6. The summed E-state index contributed by atoms with van der Waals surface area (Å²) in [6.07, 6.45) is -0.171. The summed E-state index contributed by atoms with van der Waals surface area (Å²) in [5.74, 6) is -2.35. The van der Waals surface area contributed by atoms with Crippen molar-refractivity contribution in [3.8, 4) is 5.88 Å². The summed E-state index contributed by atoms with van der Waals surface area (Å²) in [5.41, 5.74) is 0.113. The van der Waals surface area contributed by atoms with Gasteiger partial charge < -0.3 is 25.0 Å². The quantitative estimate of drug-likeness (QED) is 0.462. The second-order valence-corrected chi connectivity index (χ2v) is 8.26. The minimum Gasteiger partial charge on any atom is -0.480 e. The lowest BCUT2D eigenvalue weighted by Gasteiger charge is -2.19. The van der Waals surface area contributed by atoms with Crippen molar-refractivity contribution in [3.05, 3.63) is 22.4 Å². The number of carboxylic acid groups (broad SMARTS) is 2. The van der Waals surface area contributed by atoms with Gasteiger partial charge in [-0.1, -0.05) is 0 Å². The fraction of sp³-hybridized carbons (Fsp3) is 0.600. The number of hydrogen-bond donors (Lipinski definition) is 3. The molecule has 1 heterocycles. The van der Waals surface area contributed by atoms with Crippen molar-refractivity contribution in [1.29, 1.82) is 0 Å². The molecule has 1 aliphatic rings. The molecule has 160 valence electrons. The van der Waals surface area contributed by atoms with E-state index in [1.165, 1.54) is 0 Å². The summed E-state index contributed by atoms with van der Waals surface area (Å²) in [6, 6.07) is 0. The topological polar surface area (TPSA) is 135 Å². The lowest BCUT2D eigenvalue weighted by atomic mass is 9.84. The van der Waals surface area contributed by atoms with Crippen LogP contribution in [0.2, 0.25) is 0 Å². The minimum absolute atomic E-state index is 0.0905. The molecule has 3 N–H and O–H groups in total. The molecule has 0 aromatic carbocycles. The van der Waals surface area contributed by atoms with Crippen molar-refractivity contribution in [2.24, 2.45) is 5.41 Å². The largest absolute Gasteiger partial charge is 0.480 e. The summed E-state index contributed by atoms with van der Waals surface area (Å²) in [7, 11) is 0. The molecule has 0 bridgehead atoms. The Kier molecular flexibility index (Phi) is 6.40. The fourth-order valence-corrected chi connectivity index (χ4v) is 3.30. The minimum atomic E-state index is -1.87. The maximum Gasteiger partial charge on any atom is 0.407 e. The lowest BCUT2D eigenvalue weighted by Crippen LogP contribution is -2.40. The van der Waals surface area contributed by atoms with E-state index in [1.807, 2.05) is 0 Å². The Morgan fingerprint density at radius 3 is 2.24 bits per heavy atom. The number of carbonyl (C=O) groups is 3. The van der Waals surface area contributed by atoms with Crippen molar-refractivity contribution in [2.75, 3.05) is 13.2 Å². The van der Waals surface area contributed by atoms with Gasteiger partial charge in [0.05, 0.1) is 6.61 Å². The number of aryl methyl sites for hydroxylation is 1. The number of nitrogens with zero attached hydrogens (tertiary/aromatic N) is 1. The van der Waals surface area contributed by atoms with Gasteiger partial charge in [0.25, 0.3) is 0 Å². The van der Waals surface area contributed by atoms with Crippen LogP contribution >= 0.6 is 0 Å². The molecule has 0 fully saturated rings. The summed E-state index contributed by atoms with van der Waals surface area (Å²) in [5, 5.41) is 21.6. The highest BCUT2D eigenvalue weighted by molar-refractivity contribution is 6.00. The second-order valence-electron chi connectivity index (χ2n) is 8.26. The molecule has 1 aromatic rings. The third-order valence-corrected chi connectivity index (χ3v) is 4.85. The molecule has 0 radical (unpaired) electrons. The van der Waals surface area contributed by atoms with E-state index in [4.69, 9.17) is 9.47 Å². The standard InChI is InChI=1S/C20H28N2O7/c1-11-13-9-20(16(23)24,17(25)26)10-14(13)12(2)22-15(11)28-8-6-7-21-18(27)29-19(3,4)5/h6-10H2,1-5H3,(H,21,27)(H,23,24)(H,25,26). The molecule has 0 spiro atoms. The Hall–Kier alpha value is -2.84. The molecule has 9 heteroatoms. The third-order valence-electron chi connectivity index (χ3n) is 4.85. The lowest BCUT2D eigenvalue weighted by molar-refractivity contribution is -0.163. The van der Waals surface area contributed by atoms with Crippen molar-refractivity contribution in [3.63, 3.8) is 0 Å². The van der Waals surface area contributed by atoms with Crippen LogP contribution in [0.25, 0.3) is 0 Å². The maximum absolute atomic E-state index is 11.6. The van der Waals surface area contributed by atoms with Gasteiger partial charge in [0.1, 0.15) is 5.60 Å². The van der Waals surface area contributed by atoms with Crippen LogP contribution in [0.3, 0.4) is 0 Å².